The van der Waals surface area contributed by atoms with Gasteiger partial charge in [-0.25, -0.2) is 4.98 Å². The quantitative estimate of drug-likeness (QED) is 0.203. The summed E-state index contributed by atoms with van der Waals surface area (Å²) in [5.74, 6) is 0.800. The molecule has 174 valence electrons. The van der Waals surface area contributed by atoms with Gasteiger partial charge in [0.05, 0.1) is 29.5 Å². The highest BCUT2D eigenvalue weighted by Crippen LogP contribution is 2.38. The van der Waals surface area contributed by atoms with E-state index in [9.17, 15) is 9.59 Å². The summed E-state index contributed by atoms with van der Waals surface area (Å²) in [6, 6.07) is 15.5. The van der Waals surface area contributed by atoms with Crippen molar-refractivity contribution in [3.05, 3.63) is 81.4 Å². The second-order valence-corrected chi connectivity index (χ2v) is 9.77. The first-order chi connectivity index (χ1) is 16.4. The van der Waals surface area contributed by atoms with Crippen LogP contribution in [0.3, 0.4) is 0 Å². The molecule has 0 N–H and O–H groups in total. The minimum absolute atomic E-state index is 0.0372. The van der Waals surface area contributed by atoms with Gasteiger partial charge in [0.2, 0.25) is 0 Å². The number of para-hydroxylation sites is 1. The van der Waals surface area contributed by atoms with Crippen molar-refractivity contribution in [2.45, 2.75) is 44.8 Å². The predicted octanol–water partition coefficient (Wildman–Crippen LogP) is 5.43. The number of ketones is 1. The van der Waals surface area contributed by atoms with E-state index in [0.717, 1.165) is 22.5 Å². The third kappa shape index (κ3) is 3.94. The molecule has 2 heterocycles. The predicted molar refractivity (Wildman–Crippen MR) is 136 cm³/mol. The van der Waals surface area contributed by atoms with Gasteiger partial charge in [-0.1, -0.05) is 30.0 Å². The van der Waals surface area contributed by atoms with Crippen LogP contribution in [0.5, 0.6) is 5.75 Å². The van der Waals surface area contributed by atoms with Crippen LogP contribution in [0, 0.1) is 20.8 Å². The summed E-state index contributed by atoms with van der Waals surface area (Å²) in [4.78, 5) is 31.6. The van der Waals surface area contributed by atoms with E-state index in [1.165, 1.54) is 24.6 Å². The van der Waals surface area contributed by atoms with Crippen LogP contribution >= 0.6 is 11.8 Å². The van der Waals surface area contributed by atoms with Crippen molar-refractivity contribution < 1.29 is 9.53 Å². The van der Waals surface area contributed by atoms with Gasteiger partial charge < -0.3 is 9.30 Å². The summed E-state index contributed by atoms with van der Waals surface area (Å²) in [6.07, 6.45) is 2.34. The third-order valence-electron chi connectivity index (χ3n) is 6.35. The summed E-state index contributed by atoms with van der Waals surface area (Å²) in [5, 5.41) is 0.992. The summed E-state index contributed by atoms with van der Waals surface area (Å²) in [5.41, 5.74) is 4.93. The van der Waals surface area contributed by atoms with E-state index < -0.39 is 0 Å². The molecule has 5 rings (SSSR count). The van der Waals surface area contributed by atoms with Crippen LogP contribution in [0.2, 0.25) is 0 Å². The number of methoxy groups -OCH3 is 1. The smallest absolute Gasteiger partial charge is 0.266 e. The molecule has 34 heavy (non-hydrogen) atoms. The van der Waals surface area contributed by atoms with Gasteiger partial charge in [-0.2, -0.15) is 0 Å². The number of hydrogen-bond acceptors (Lipinski definition) is 5. The van der Waals surface area contributed by atoms with Crippen LogP contribution in [-0.2, 0) is 0 Å². The largest absolute Gasteiger partial charge is 0.495 e. The Labute approximate surface area is 202 Å². The summed E-state index contributed by atoms with van der Waals surface area (Å²) >= 11 is 1.28. The minimum Gasteiger partial charge on any atom is -0.495 e. The number of ether oxygens (including phenoxy) is 1. The maximum atomic E-state index is 13.6. The zero-order valence-electron chi connectivity index (χ0n) is 19.8. The zero-order chi connectivity index (χ0) is 24.0. The maximum Gasteiger partial charge on any atom is 0.266 e. The molecule has 6 nitrogen and oxygen atoms in total. The average molecular weight is 474 g/mol. The van der Waals surface area contributed by atoms with Crippen LogP contribution in [0.15, 0.2) is 58.5 Å². The number of carbonyl (C=O) groups is 1. The summed E-state index contributed by atoms with van der Waals surface area (Å²) in [7, 11) is 1.58. The van der Waals surface area contributed by atoms with Crippen molar-refractivity contribution in [3.8, 4) is 11.4 Å². The second-order valence-electron chi connectivity index (χ2n) is 8.83. The number of thioether (sulfide) groups is 1. The Morgan fingerprint density at radius 2 is 1.88 bits per heavy atom. The molecule has 1 saturated carbocycles. The Bertz CT molecular complexity index is 1480. The zero-order valence-corrected chi connectivity index (χ0v) is 20.6. The molecule has 0 aliphatic heterocycles. The highest BCUT2D eigenvalue weighted by Gasteiger charge is 2.28. The molecule has 1 aliphatic rings. The van der Waals surface area contributed by atoms with Crippen LogP contribution in [0.25, 0.3) is 16.6 Å². The normalized spacial score (nSPS) is 13.4. The van der Waals surface area contributed by atoms with Gasteiger partial charge in [0.15, 0.2) is 10.9 Å². The maximum absolute atomic E-state index is 13.6. The highest BCUT2D eigenvalue weighted by molar-refractivity contribution is 7.99. The molecule has 4 aromatic rings. The Morgan fingerprint density at radius 1 is 1.12 bits per heavy atom. The molecular weight excluding hydrogens is 446 g/mol. The van der Waals surface area contributed by atoms with Gasteiger partial charge in [-0.05, 0) is 69.5 Å². The SMILES string of the molecule is COc1ccc(C)cc1-n1c(SCC(=O)c2cc(C)n(C3CC3)c2C)nc2ccccc2c1=O. The number of benzene rings is 2. The highest BCUT2D eigenvalue weighted by atomic mass is 32.2. The van der Waals surface area contributed by atoms with Gasteiger partial charge >= 0.3 is 0 Å². The molecule has 0 radical (unpaired) electrons. The number of Topliss-reactive ketones (excluding diaryl/α,β-unsaturated/α-hetero) is 1. The van der Waals surface area contributed by atoms with Gasteiger partial charge in [-0.3, -0.25) is 14.2 Å². The molecule has 0 spiro atoms. The van der Waals surface area contributed by atoms with E-state index in [4.69, 9.17) is 9.72 Å². The minimum atomic E-state index is -0.184. The standard InChI is InChI=1S/C27H27N3O3S/c1-16-9-12-25(33-4)23(13-16)30-26(32)20-7-5-6-8-22(20)28-27(30)34-15-24(31)21-14-17(2)29(18(21)3)19-10-11-19/h5-9,12-14,19H,10-11,15H2,1-4H3. The van der Waals surface area contributed by atoms with E-state index in [1.54, 1.807) is 17.7 Å². The molecular formula is C27H27N3O3S. The molecule has 0 saturated heterocycles. The topological polar surface area (TPSA) is 66.1 Å². The molecule has 1 aliphatic carbocycles. The van der Waals surface area contributed by atoms with Crippen LogP contribution in [0.1, 0.15) is 46.2 Å². The lowest BCUT2D eigenvalue weighted by atomic mass is 10.2. The summed E-state index contributed by atoms with van der Waals surface area (Å²) < 4.78 is 9.41. The molecule has 0 atom stereocenters. The number of fused-ring (bicyclic) bond motifs is 1. The Kier molecular flexibility index (Phi) is 5.81. The fraction of sp³-hybridized carbons (Fsp3) is 0.296. The van der Waals surface area contributed by atoms with Gasteiger partial charge in [-0.15, -0.1) is 0 Å². The number of carbonyl (C=O) groups excluding carboxylic acids is 1. The van der Waals surface area contributed by atoms with E-state index in [0.29, 0.717) is 33.5 Å². The van der Waals surface area contributed by atoms with E-state index in [1.807, 2.05) is 56.3 Å². The van der Waals surface area contributed by atoms with Crippen molar-refractivity contribution in [2.75, 3.05) is 12.9 Å². The second kappa shape index (κ2) is 8.80. The first-order valence-corrected chi connectivity index (χ1v) is 12.4. The first kappa shape index (κ1) is 22.5. The first-order valence-electron chi connectivity index (χ1n) is 11.4. The molecule has 7 heteroatoms. The lowest BCUT2D eigenvalue weighted by molar-refractivity contribution is 0.102. The Hall–Kier alpha value is -3.32. The Balaban J connectivity index is 1.57. The van der Waals surface area contributed by atoms with Crippen molar-refractivity contribution in [1.82, 2.24) is 14.1 Å². The number of hydrogen-bond donors (Lipinski definition) is 0. The van der Waals surface area contributed by atoms with Crippen molar-refractivity contribution >= 4 is 28.4 Å². The molecule has 0 unspecified atom stereocenters. The number of rotatable bonds is 7. The van der Waals surface area contributed by atoms with Crippen molar-refractivity contribution in [3.63, 3.8) is 0 Å². The van der Waals surface area contributed by atoms with Crippen LogP contribution in [-0.4, -0.2) is 32.8 Å². The van der Waals surface area contributed by atoms with E-state index >= 15 is 0 Å². The van der Waals surface area contributed by atoms with Gasteiger partial charge in [0, 0.05) is 23.0 Å². The lowest BCUT2D eigenvalue weighted by Gasteiger charge is -2.16. The fourth-order valence-electron chi connectivity index (χ4n) is 4.56. The number of nitrogens with zero attached hydrogens (tertiary/aromatic N) is 3. The van der Waals surface area contributed by atoms with Gasteiger partial charge in [0.1, 0.15) is 5.75 Å². The summed E-state index contributed by atoms with van der Waals surface area (Å²) in [6.45, 7) is 6.04. The molecule has 0 bridgehead atoms. The molecule has 2 aromatic heterocycles. The van der Waals surface area contributed by atoms with Crippen molar-refractivity contribution in [2.24, 2.45) is 0 Å². The van der Waals surface area contributed by atoms with Crippen molar-refractivity contribution in [1.29, 1.82) is 0 Å². The fourth-order valence-corrected chi connectivity index (χ4v) is 5.45. The molecule has 0 amide bonds. The molecule has 1 fully saturated rings. The lowest BCUT2D eigenvalue weighted by Crippen LogP contribution is -2.23. The molecule has 2 aromatic carbocycles. The van der Waals surface area contributed by atoms with Crippen LogP contribution < -0.4 is 10.3 Å². The monoisotopic (exact) mass is 473 g/mol. The van der Waals surface area contributed by atoms with Gasteiger partial charge in [0.25, 0.3) is 5.56 Å². The third-order valence-corrected chi connectivity index (χ3v) is 7.29. The average Bonchev–Trinajstić information content (AvgIpc) is 3.61. The number of aryl methyl sites for hydroxylation is 2. The Morgan fingerprint density at radius 3 is 2.62 bits per heavy atom. The van der Waals surface area contributed by atoms with E-state index in [2.05, 4.69) is 11.5 Å². The van der Waals surface area contributed by atoms with E-state index in [-0.39, 0.29) is 17.1 Å². The van der Waals surface area contributed by atoms with Crippen LogP contribution in [0.4, 0.5) is 0 Å². The number of aromatic nitrogens is 3.